The van der Waals surface area contributed by atoms with Gasteiger partial charge in [-0.05, 0) is 67.2 Å². The van der Waals surface area contributed by atoms with Gasteiger partial charge in [0.1, 0.15) is 5.75 Å². The Balaban J connectivity index is 1.62. The Morgan fingerprint density at radius 1 is 1.16 bits per heavy atom. The number of hydrogen-bond acceptors (Lipinski definition) is 2. The molecule has 0 radical (unpaired) electrons. The maximum Gasteiger partial charge on any atom is 0.173 e. The number of benzene rings is 2. The average molecular weight is 375 g/mol. The highest BCUT2D eigenvalue weighted by molar-refractivity contribution is 7.80. The summed E-state index contributed by atoms with van der Waals surface area (Å²) < 4.78 is 5.51. The second-order valence-electron chi connectivity index (χ2n) is 6.35. The van der Waals surface area contributed by atoms with Gasteiger partial charge in [-0.2, -0.15) is 0 Å². The number of thiocarbonyl (C=S) groups is 1. The lowest BCUT2D eigenvalue weighted by molar-refractivity contribution is 0.310. The number of ether oxygens (including phenoxy) is 1. The summed E-state index contributed by atoms with van der Waals surface area (Å²) in [5.41, 5.74) is 3.30. The first kappa shape index (κ1) is 18.0. The van der Waals surface area contributed by atoms with Crippen LogP contribution in [0.3, 0.4) is 0 Å². The van der Waals surface area contributed by atoms with Gasteiger partial charge >= 0.3 is 0 Å². The van der Waals surface area contributed by atoms with Crippen LogP contribution < -0.4 is 10.1 Å². The van der Waals surface area contributed by atoms with Crippen LogP contribution in [-0.2, 0) is 0 Å². The summed E-state index contributed by atoms with van der Waals surface area (Å²) in [5, 5.41) is 4.87. The van der Waals surface area contributed by atoms with E-state index >= 15 is 0 Å². The van der Waals surface area contributed by atoms with Crippen molar-refractivity contribution in [3.8, 4) is 5.75 Å². The van der Waals surface area contributed by atoms with Crippen LogP contribution in [0.2, 0.25) is 5.02 Å². The van der Waals surface area contributed by atoms with E-state index in [2.05, 4.69) is 22.3 Å². The summed E-state index contributed by atoms with van der Waals surface area (Å²) in [5.74, 6) is 1.50. The van der Waals surface area contributed by atoms with Crippen LogP contribution in [0.5, 0.6) is 5.75 Å². The third-order valence-corrected chi connectivity index (χ3v) is 5.64. The van der Waals surface area contributed by atoms with Crippen molar-refractivity contribution in [2.24, 2.45) is 0 Å². The van der Waals surface area contributed by atoms with Gasteiger partial charge in [-0.3, -0.25) is 0 Å². The molecule has 0 atom stereocenters. The molecule has 1 aliphatic heterocycles. The number of hydrogen-bond donors (Lipinski definition) is 1. The minimum absolute atomic E-state index is 0.517. The Morgan fingerprint density at radius 3 is 2.60 bits per heavy atom. The molecule has 0 aromatic heterocycles. The molecule has 0 unspecified atom stereocenters. The first-order valence-electron chi connectivity index (χ1n) is 8.54. The minimum Gasteiger partial charge on any atom is -0.496 e. The predicted molar refractivity (Wildman–Crippen MR) is 109 cm³/mol. The first-order chi connectivity index (χ1) is 12.1. The van der Waals surface area contributed by atoms with Crippen LogP contribution >= 0.6 is 23.8 Å². The topological polar surface area (TPSA) is 24.5 Å². The number of nitrogens with one attached hydrogen (secondary N) is 1. The van der Waals surface area contributed by atoms with Crippen molar-refractivity contribution < 1.29 is 4.74 Å². The summed E-state index contributed by atoms with van der Waals surface area (Å²) in [6, 6.07) is 14.1. The quantitative estimate of drug-likeness (QED) is 0.743. The average Bonchev–Trinajstić information content (AvgIpc) is 2.65. The summed E-state index contributed by atoms with van der Waals surface area (Å²) in [6.07, 6.45) is 2.13. The minimum atomic E-state index is 0.517. The van der Waals surface area contributed by atoms with E-state index in [0.717, 1.165) is 53.1 Å². The molecule has 3 rings (SSSR count). The van der Waals surface area contributed by atoms with Gasteiger partial charge in [-0.1, -0.05) is 35.9 Å². The third-order valence-electron chi connectivity index (χ3n) is 4.87. The lowest BCUT2D eigenvalue weighted by atomic mass is 9.89. The molecule has 0 amide bonds. The molecule has 2 aromatic rings. The van der Waals surface area contributed by atoms with Gasteiger partial charge in [0.15, 0.2) is 5.11 Å². The fourth-order valence-corrected chi connectivity index (χ4v) is 3.80. The number of methoxy groups -OCH3 is 1. The molecular weight excluding hydrogens is 352 g/mol. The number of nitrogens with zero attached hydrogens (tertiary/aromatic N) is 1. The molecule has 0 bridgehead atoms. The fourth-order valence-electron chi connectivity index (χ4n) is 3.33. The van der Waals surface area contributed by atoms with Crippen molar-refractivity contribution in [3.63, 3.8) is 0 Å². The lowest BCUT2D eigenvalue weighted by Crippen LogP contribution is -2.40. The zero-order valence-corrected chi connectivity index (χ0v) is 16.2. The van der Waals surface area contributed by atoms with Gasteiger partial charge < -0.3 is 15.0 Å². The Labute approximate surface area is 159 Å². The van der Waals surface area contributed by atoms with Gasteiger partial charge in [0.2, 0.25) is 0 Å². The van der Waals surface area contributed by atoms with Gasteiger partial charge in [0, 0.05) is 23.8 Å². The van der Waals surface area contributed by atoms with E-state index in [1.54, 1.807) is 7.11 Å². The smallest absolute Gasteiger partial charge is 0.173 e. The van der Waals surface area contributed by atoms with E-state index in [9.17, 15) is 0 Å². The fraction of sp³-hybridized carbons (Fsp3) is 0.350. The van der Waals surface area contributed by atoms with Crippen LogP contribution in [0.4, 0.5) is 5.69 Å². The van der Waals surface area contributed by atoms with Crippen LogP contribution in [0.1, 0.15) is 29.9 Å². The molecule has 1 aliphatic rings. The maximum absolute atomic E-state index is 6.19. The van der Waals surface area contributed by atoms with E-state index in [4.69, 9.17) is 28.6 Å². The van der Waals surface area contributed by atoms with Crippen molar-refractivity contribution in [2.75, 3.05) is 25.5 Å². The van der Waals surface area contributed by atoms with Gasteiger partial charge in [-0.15, -0.1) is 0 Å². The Kier molecular flexibility index (Phi) is 5.82. The first-order valence-corrected chi connectivity index (χ1v) is 9.32. The number of piperidine rings is 1. The number of rotatable bonds is 3. The highest BCUT2D eigenvalue weighted by atomic mass is 35.5. The van der Waals surface area contributed by atoms with Crippen molar-refractivity contribution in [2.45, 2.75) is 25.7 Å². The van der Waals surface area contributed by atoms with E-state index in [1.165, 1.54) is 5.56 Å². The van der Waals surface area contributed by atoms with Crippen molar-refractivity contribution in [1.82, 2.24) is 4.90 Å². The van der Waals surface area contributed by atoms with Crippen molar-refractivity contribution in [3.05, 3.63) is 58.6 Å². The van der Waals surface area contributed by atoms with Crippen LogP contribution in [0.25, 0.3) is 0 Å². The Hall–Kier alpha value is -1.78. The molecule has 3 nitrogen and oxygen atoms in total. The molecule has 132 valence electrons. The van der Waals surface area contributed by atoms with Gasteiger partial charge in [-0.25, -0.2) is 0 Å². The molecule has 1 saturated heterocycles. The molecule has 1 fully saturated rings. The van der Waals surface area contributed by atoms with Crippen molar-refractivity contribution in [1.29, 1.82) is 0 Å². The number of para-hydroxylation sites is 1. The summed E-state index contributed by atoms with van der Waals surface area (Å²) in [6.45, 7) is 3.88. The van der Waals surface area contributed by atoms with Crippen LogP contribution in [-0.4, -0.2) is 30.2 Å². The van der Waals surface area contributed by atoms with E-state index < -0.39 is 0 Å². The summed E-state index contributed by atoms with van der Waals surface area (Å²) >= 11 is 11.8. The Bertz CT molecular complexity index is 757. The zero-order chi connectivity index (χ0) is 17.8. The predicted octanol–water partition coefficient (Wildman–Crippen LogP) is 5.23. The summed E-state index contributed by atoms with van der Waals surface area (Å²) in [7, 11) is 1.74. The van der Waals surface area contributed by atoms with Crippen LogP contribution in [0.15, 0.2) is 42.5 Å². The molecule has 0 spiro atoms. The number of anilines is 1. The molecule has 0 aliphatic carbocycles. The largest absolute Gasteiger partial charge is 0.496 e. The van der Waals surface area contributed by atoms with E-state index in [0.29, 0.717) is 5.92 Å². The summed E-state index contributed by atoms with van der Waals surface area (Å²) in [4.78, 5) is 2.24. The maximum atomic E-state index is 6.19. The number of halogens is 1. The molecule has 1 heterocycles. The second-order valence-corrected chi connectivity index (χ2v) is 7.14. The molecule has 1 N–H and O–H groups in total. The molecular formula is C20H23ClN2OS. The monoisotopic (exact) mass is 374 g/mol. The van der Waals surface area contributed by atoms with Gasteiger partial charge in [0.05, 0.1) is 7.11 Å². The Morgan fingerprint density at radius 2 is 1.88 bits per heavy atom. The van der Waals surface area contributed by atoms with E-state index in [-0.39, 0.29) is 0 Å². The zero-order valence-electron chi connectivity index (χ0n) is 14.6. The highest BCUT2D eigenvalue weighted by Gasteiger charge is 2.24. The molecule has 2 aromatic carbocycles. The SMILES string of the molecule is COc1ccccc1C1CCN(C(=S)Nc2cccc(Cl)c2C)CC1. The van der Waals surface area contributed by atoms with Crippen LogP contribution in [0, 0.1) is 6.92 Å². The standard InChI is InChI=1S/C20H23ClN2OS/c1-14-17(21)7-5-8-18(14)22-20(25)23-12-10-15(11-13-23)16-6-3-4-9-19(16)24-2/h3-9,15H,10-13H2,1-2H3,(H,22,25). The lowest BCUT2D eigenvalue weighted by Gasteiger charge is -2.34. The highest BCUT2D eigenvalue weighted by Crippen LogP contribution is 2.34. The normalized spacial score (nSPS) is 15.1. The van der Waals surface area contributed by atoms with Gasteiger partial charge in [0.25, 0.3) is 0 Å². The van der Waals surface area contributed by atoms with Crippen molar-refractivity contribution >= 4 is 34.6 Å². The second kappa shape index (κ2) is 8.07. The molecule has 5 heteroatoms. The van der Waals surface area contributed by atoms with E-state index in [1.807, 2.05) is 37.3 Å². The third kappa shape index (κ3) is 4.07. The molecule has 25 heavy (non-hydrogen) atoms. The molecule has 0 saturated carbocycles. The number of likely N-dealkylation sites (tertiary alicyclic amines) is 1.